The topological polar surface area (TPSA) is 76.7 Å². The molecular formula is C20H22N2O4S. The van der Waals surface area contributed by atoms with Crippen molar-refractivity contribution in [3.8, 4) is 11.5 Å². The molecule has 2 aromatic rings. The van der Waals surface area contributed by atoms with Crippen molar-refractivity contribution in [2.24, 2.45) is 0 Å². The van der Waals surface area contributed by atoms with Crippen molar-refractivity contribution in [3.63, 3.8) is 0 Å². The maximum absolute atomic E-state index is 12.7. The SMILES string of the molecule is CCNC(=O)NC(=O)[C@H](Sc1ccc2c(c1)OCCCO2)c1ccccc1. The van der Waals surface area contributed by atoms with Crippen LogP contribution in [0.1, 0.15) is 24.2 Å². The third-order valence-corrected chi connectivity index (χ3v) is 5.14. The lowest BCUT2D eigenvalue weighted by molar-refractivity contribution is -0.119. The van der Waals surface area contributed by atoms with Crippen LogP contribution >= 0.6 is 11.8 Å². The van der Waals surface area contributed by atoms with Crippen molar-refractivity contribution in [3.05, 3.63) is 54.1 Å². The van der Waals surface area contributed by atoms with Crippen molar-refractivity contribution in [1.29, 1.82) is 0 Å². The number of urea groups is 1. The Labute approximate surface area is 162 Å². The molecule has 27 heavy (non-hydrogen) atoms. The molecule has 3 rings (SSSR count). The van der Waals surface area contributed by atoms with Gasteiger partial charge in [0.15, 0.2) is 11.5 Å². The third-order valence-electron chi connectivity index (χ3n) is 3.89. The molecule has 0 radical (unpaired) electrons. The minimum atomic E-state index is -0.571. The number of hydrogen-bond donors (Lipinski definition) is 2. The molecule has 0 fully saturated rings. The van der Waals surface area contributed by atoms with Crippen LogP contribution in [-0.4, -0.2) is 31.7 Å². The van der Waals surface area contributed by atoms with Gasteiger partial charge in [-0.1, -0.05) is 30.3 Å². The molecule has 6 nitrogen and oxygen atoms in total. The molecule has 2 aromatic carbocycles. The van der Waals surface area contributed by atoms with Crippen LogP contribution in [0.15, 0.2) is 53.4 Å². The van der Waals surface area contributed by atoms with Gasteiger partial charge in [-0.3, -0.25) is 10.1 Å². The summed E-state index contributed by atoms with van der Waals surface area (Å²) in [7, 11) is 0. The highest BCUT2D eigenvalue weighted by atomic mass is 32.2. The molecule has 0 unspecified atom stereocenters. The molecular weight excluding hydrogens is 364 g/mol. The number of carbonyl (C=O) groups excluding carboxylic acids is 2. The molecule has 1 aliphatic heterocycles. The number of imide groups is 1. The maximum atomic E-state index is 12.7. The van der Waals surface area contributed by atoms with Gasteiger partial charge in [0.25, 0.3) is 0 Å². The molecule has 0 spiro atoms. The Balaban J connectivity index is 1.82. The summed E-state index contributed by atoms with van der Waals surface area (Å²) in [4.78, 5) is 25.4. The van der Waals surface area contributed by atoms with Gasteiger partial charge in [-0.2, -0.15) is 0 Å². The van der Waals surface area contributed by atoms with Crippen LogP contribution in [-0.2, 0) is 4.79 Å². The summed E-state index contributed by atoms with van der Waals surface area (Å²) in [5, 5.41) is 4.41. The van der Waals surface area contributed by atoms with Gasteiger partial charge in [-0.05, 0) is 30.7 Å². The predicted molar refractivity (Wildman–Crippen MR) is 104 cm³/mol. The average molecular weight is 386 g/mol. The standard InChI is InChI=1S/C20H22N2O4S/c1-2-21-20(24)22-19(23)18(14-7-4-3-5-8-14)27-15-9-10-16-17(13-15)26-12-6-11-25-16/h3-5,7-10,13,18H,2,6,11-12H2,1H3,(H2,21,22,23,24)/t18-/m1/s1. The fraction of sp³-hybridized carbons (Fsp3) is 0.300. The normalized spacial score (nSPS) is 14.0. The van der Waals surface area contributed by atoms with Crippen molar-refractivity contribution >= 4 is 23.7 Å². The van der Waals surface area contributed by atoms with Gasteiger partial charge in [0.2, 0.25) is 5.91 Å². The largest absolute Gasteiger partial charge is 0.490 e. The van der Waals surface area contributed by atoms with E-state index in [1.807, 2.05) is 48.5 Å². The average Bonchev–Trinajstić information content (AvgIpc) is 2.91. The number of nitrogens with one attached hydrogen (secondary N) is 2. The van der Waals surface area contributed by atoms with Crippen LogP contribution in [0.2, 0.25) is 0 Å². The van der Waals surface area contributed by atoms with Crippen LogP contribution < -0.4 is 20.1 Å². The monoisotopic (exact) mass is 386 g/mol. The molecule has 2 N–H and O–H groups in total. The zero-order valence-electron chi connectivity index (χ0n) is 15.1. The van der Waals surface area contributed by atoms with Crippen molar-refractivity contribution < 1.29 is 19.1 Å². The molecule has 3 amide bonds. The Bertz CT molecular complexity index is 798. The van der Waals surface area contributed by atoms with Crippen molar-refractivity contribution in [2.75, 3.05) is 19.8 Å². The summed E-state index contributed by atoms with van der Waals surface area (Å²) in [6.07, 6.45) is 0.832. The van der Waals surface area contributed by atoms with Crippen LogP contribution in [0.5, 0.6) is 11.5 Å². The zero-order valence-corrected chi connectivity index (χ0v) is 15.9. The van der Waals surface area contributed by atoms with E-state index in [4.69, 9.17) is 9.47 Å². The second-order valence-electron chi connectivity index (χ2n) is 5.92. The minimum absolute atomic E-state index is 0.371. The molecule has 1 atom stereocenters. The Morgan fingerprint density at radius 3 is 2.56 bits per heavy atom. The zero-order chi connectivity index (χ0) is 19.1. The molecule has 0 aromatic heterocycles. The number of thioether (sulfide) groups is 1. The van der Waals surface area contributed by atoms with E-state index in [0.717, 1.165) is 16.9 Å². The molecule has 1 heterocycles. The number of hydrogen-bond acceptors (Lipinski definition) is 5. The smallest absolute Gasteiger partial charge is 0.321 e. The van der Waals surface area contributed by atoms with E-state index >= 15 is 0 Å². The van der Waals surface area contributed by atoms with Gasteiger partial charge in [0, 0.05) is 17.9 Å². The van der Waals surface area contributed by atoms with Crippen LogP contribution in [0.3, 0.4) is 0 Å². The highest BCUT2D eigenvalue weighted by molar-refractivity contribution is 8.00. The fourth-order valence-corrected chi connectivity index (χ4v) is 3.69. The Kier molecular flexibility index (Phi) is 6.59. The van der Waals surface area contributed by atoms with E-state index in [1.54, 1.807) is 6.92 Å². The minimum Gasteiger partial charge on any atom is -0.490 e. The first kappa shape index (κ1) is 19.1. The van der Waals surface area contributed by atoms with Crippen LogP contribution in [0.25, 0.3) is 0 Å². The number of ether oxygens (including phenoxy) is 2. The van der Waals surface area contributed by atoms with E-state index < -0.39 is 11.3 Å². The summed E-state index contributed by atoms with van der Waals surface area (Å²) in [5.41, 5.74) is 0.816. The van der Waals surface area contributed by atoms with Crippen molar-refractivity contribution in [1.82, 2.24) is 10.6 Å². The third kappa shape index (κ3) is 5.17. The van der Waals surface area contributed by atoms with E-state index in [1.165, 1.54) is 11.8 Å². The first-order chi connectivity index (χ1) is 13.2. The summed E-state index contributed by atoms with van der Waals surface area (Å²) in [6, 6.07) is 14.5. The molecule has 0 aliphatic carbocycles. The molecule has 0 saturated carbocycles. The Morgan fingerprint density at radius 1 is 1.07 bits per heavy atom. The highest BCUT2D eigenvalue weighted by Crippen LogP contribution is 2.40. The molecule has 7 heteroatoms. The van der Waals surface area contributed by atoms with Gasteiger partial charge in [-0.15, -0.1) is 11.8 Å². The van der Waals surface area contributed by atoms with E-state index in [0.29, 0.717) is 31.3 Å². The van der Waals surface area contributed by atoms with Crippen molar-refractivity contribution in [2.45, 2.75) is 23.5 Å². The summed E-state index contributed by atoms with van der Waals surface area (Å²) in [6.45, 7) is 3.47. The predicted octanol–water partition coefficient (Wildman–Crippen LogP) is 3.53. The quantitative estimate of drug-likeness (QED) is 0.769. The van der Waals surface area contributed by atoms with E-state index in [-0.39, 0.29) is 5.91 Å². The number of fused-ring (bicyclic) bond motifs is 1. The molecule has 0 bridgehead atoms. The van der Waals surface area contributed by atoms with Gasteiger partial charge in [-0.25, -0.2) is 4.79 Å². The molecule has 142 valence electrons. The first-order valence-corrected chi connectivity index (χ1v) is 9.75. The summed E-state index contributed by atoms with van der Waals surface area (Å²) in [5.74, 6) is 1.01. The molecule has 0 saturated heterocycles. The Hall–Kier alpha value is -2.67. The summed E-state index contributed by atoms with van der Waals surface area (Å²) >= 11 is 1.36. The second kappa shape index (κ2) is 9.32. The maximum Gasteiger partial charge on any atom is 0.321 e. The molecule has 1 aliphatic rings. The van der Waals surface area contributed by atoms with Gasteiger partial charge in [0.1, 0.15) is 5.25 Å². The highest BCUT2D eigenvalue weighted by Gasteiger charge is 2.24. The number of benzene rings is 2. The van der Waals surface area contributed by atoms with Gasteiger partial charge in [0.05, 0.1) is 13.2 Å². The summed E-state index contributed by atoms with van der Waals surface area (Å²) < 4.78 is 11.4. The van der Waals surface area contributed by atoms with Crippen LogP contribution in [0, 0.1) is 0 Å². The lowest BCUT2D eigenvalue weighted by atomic mass is 10.1. The number of amides is 3. The number of rotatable bonds is 5. The van der Waals surface area contributed by atoms with Gasteiger partial charge >= 0.3 is 6.03 Å². The van der Waals surface area contributed by atoms with E-state index in [9.17, 15) is 9.59 Å². The fourth-order valence-electron chi connectivity index (χ4n) is 2.64. The lowest BCUT2D eigenvalue weighted by Crippen LogP contribution is -2.41. The number of carbonyl (C=O) groups is 2. The van der Waals surface area contributed by atoms with Gasteiger partial charge < -0.3 is 14.8 Å². The Morgan fingerprint density at radius 2 is 1.81 bits per heavy atom. The first-order valence-electron chi connectivity index (χ1n) is 8.87. The van der Waals surface area contributed by atoms with E-state index in [2.05, 4.69) is 10.6 Å². The second-order valence-corrected chi connectivity index (χ2v) is 7.09. The lowest BCUT2D eigenvalue weighted by Gasteiger charge is -2.17. The van der Waals surface area contributed by atoms with Crippen LogP contribution in [0.4, 0.5) is 4.79 Å².